The van der Waals surface area contributed by atoms with Gasteiger partial charge in [-0.2, -0.15) is 18.3 Å². The summed E-state index contributed by atoms with van der Waals surface area (Å²) in [5, 5.41) is 0. The van der Waals surface area contributed by atoms with Crippen molar-refractivity contribution in [3.05, 3.63) is 363 Å². The molecule has 14 heterocycles. The van der Waals surface area contributed by atoms with Crippen LogP contribution in [0.25, 0.3) is 101 Å². The van der Waals surface area contributed by atoms with Crippen LogP contribution in [0.15, 0.2) is 329 Å². The first kappa shape index (κ1) is 68.0. The van der Waals surface area contributed by atoms with Gasteiger partial charge in [0, 0.05) is 77.3 Å². The number of benzene rings is 4. The van der Waals surface area contributed by atoms with Gasteiger partial charge < -0.3 is 17.6 Å². The molecule has 0 radical (unpaired) electrons. The molecular weight excluding hydrogens is 1250 g/mol. The van der Waals surface area contributed by atoms with Crippen molar-refractivity contribution in [3.63, 3.8) is 0 Å². The minimum absolute atomic E-state index is 1.21. The van der Waals surface area contributed by atoms with Gasteiger partial charge in [0.25, 0.3) is 0 Å². The first-order valence-corrected chi connectivity index (χ1v) is 34.7. The van der Waals surface area contributed by atoms with E-state index in [0.717, 1.165) is 0 Å². The van der Waals surface area contributed by atoms with Crippen molar-refractivity contribution >= 4 is 33.1 Å². The first-order chi connectivity index (χ1) is 49.6. The fourth-order valence-corrected chi connectivity index (χ4v) is 13.9. The Labute approximate surface area is 598 Å². The third kappa shape index (κ3) is 14.2. The molecule has 0 aliphatic rings. The van der Waals surface area contributed by atoms with Crippen molar-refractivity contribution in [1.82, 2.24) is 26.6 Å². The Morgan fingerprint density at radius 3 is 1.56 bits per heavy atom. The van der Waals surface area contributed by atoms with Gasteiger partial charge >= 0.3 is 0 Å². The third-order valence-corrected chi connectivity index (χ3v) is 19.2. The zero-order valence-corrected chi connectivity index (χ0v) is 60.5. The van der Waals surface area contributed by atoms with E-state index in [0.29, 0.717) is 0 Å². The fourth-order valence-electron chi connectivity index (χ4n) is 13.9. The van der Waals surface area contributed by atoms with Crippen LogP contribution in [0.5, 0.6) is 0 Å². The van der Waals surface area contributed by atoms with Crippen molar-refractivity contribution in [2.75, 3.05) is 0 Å². The zero-order valence-electron chi connectivity index (χ0n) is 60.5. The maximum absolute atomic E-state index is 2.29. The number of pyridine rings is 5. The largest absolute Gasteiger partial charge is 0.312 e. The Hall–Kier alpha value is -12.5. The summed E-state index contributed by atoms with van der Waals surface area (Å²) < 4.78 is 26.2. The van der Waals surface area contributed by atoms with Gasteiger partial charge in [-0.15, -0.1) is 18.4 Å². The van der Waals surface area contributed by atoms with Gasteiger partial charge in [0.05, 0.1) is 35.3 Å². The number of hydrogen-bond acceptors (Lipinski definition) is 0. The van der Waals surface area contributed by atoms with E-state index in [1.54, 1.807) is 0 Å². The molecule has 12 nitrogen and oxygen atoms in total. The molecular formula is C90H90N12+6. The van der Waals surface area contributed by atoms with Crippen molar-refractivity contribution in [2.24, 2.45) is 42.3 Å². The van der Waals surface area contributed by atoms with Crippen molar-refractivity contribution in [2.45, 2.75) is 41.5 Å². The number of fused-ring (bicyclic) bond motifs is 6. The number of hydrogen-bond donors (Lipinski definition) is 0. The quantitative estimate of drug-likeness (QED) is 0.149. The van der Waals surface area contributed by atoms with E-state index in [-0.39, 0.29) is 0 Å². The second-order valence-electron chi connectivity index (χ2n) is 26.2. The van der Waals surface area contributed by atoms with Gasteiger partial charge in [0.1, 0.15) is 67.3 Å². The van der Waals surface area contributed by atoms with Crippen molar-refractivity contribution in [1.29, 1.82) is 0 Å². The fraction of sp³-hybridized carbons (Fsp3) is 0.133. The summed E-state index contributed by atoms with van der Waals surface area (Å²) in [6, 6.07) is 91.2. The minimum atomic E-state index is 1.21. The van der Waals surface area contributed by atoms with E-state index in [1.807, 2.05) is 6.07 Å². The van der Waals surface area contributed by atoms with Gasteiger partial charge in [0.15, 0.2) is 45.1 Å². The highest BCUT2D eigenvalue weighted by molar-refractivity contribution is 5.77. The van der Waals surface area contributed by atoms with Crippen LogP contribution in [0.1, 0.15) is 33.5 Å². The highest BCUT2D eigenvalue weighted by Gasteiger charge is 2.21. The highest BCUT2D eigenvalue weighted by atomic mass is 15.3. The Balaban J connectivity index is 0.000000109. The van der Waals surface area contributed by atoms with Crippen LogP contribution in [-0.4, -0.2) is 26.6 Å². The summed E-state index contributed by atoms with van der Waals surface area (Å²) in [5.41, 5.74) is 30.2. The molecule has 18 rings (SSSR count). The van der Waals surface area contributed by atoms with Gasteiger partial charge in [-0.25, -0.2) is 0 Å². The smallest absolute Gasteiger partial charge is 0.237 e. The summed E-state index contributed by atoms with van der Waals surface area (Å²) in [5.74, 6) is 0. The molecule has 14 aromatic heterocycles. The molecule has 0 fully saturated rings. The van der Waals surface area contributed by atoms with E-state index in [2.05, 4.69) is 461 Å². The molecule has 0 atom stereocenters. The topological polar surface area (TPSA) is 49.7 Å². The van der Waals surface area contributed by atoms with Crippen molar-refractivity contribution in [3.8, 4) is 67.8 Å². The van der Waals surface area contributed by atoms with Crippen molar-refractivity contribution < 1.29 is 27.6 Å². The lowest BCUT2D eigenvalue weighted by atomic mass is 10.0. The molecule has 0 N–H and O–H groups in total. The Kier molecular flexibility index (Phi) is 20.2. The molecule has 12 heteroatoms. The molecule has 0 aliphatic heterocycles. The average molecular weight is 1340 g/mol. The normalized spacial score (nSPS) is 10.9. The summed E-state index contributed by atoms with van der Waals surface area (Å²) in [4.78, 5) is 0. The number of aromatic nitrogens is 12. The van der Waals surface area contributed by atoms with E-state index in [1.165, 1.54) is 134 Å². The highest BCUT2D eigenvalue weighted by Crippen LogP contribution is 2.29. The van der Waals surface area contributed by atoms with Crippen LogP contribution in [0, 0.1) is 41.5 Å². The summed E-state index contributed by atoms with van der Waals surface area (Å²) in [6.45, 7) is 12.9. The van der Waals surface area contributed by atoms with Crippen LogP contribution in [0.2, 0.25) is 0 Å². The van der Waals surface area contributed by atoms with Crippen LogP contribution in [0.3, 0.4) is 0 Å². The van der Waals surface area contributed by atoms with E-state index >= 15 is 0 Å². The molecule has 18 aromatic rings. The van der Waals surface area contributed by atoms with Crippen LogP contribution < -0.4 is 27.6 Å². The summed E-state index contributed by atoms with van der Waals surface area (Å²) in [7, 11) is 12.5. The van der Waals surface area contributed by atoms with E-state index in [4.69, 9.17) is 0 Å². The summed E-state index contributed by atoms with van der Waals surface area (Å²) >= 11 is 0. The lowest BCUT2D eigenvalue weighted by Gasteiger charge is -2.06. The number of nitrogens with zero attached hydrogens (tertiary/aromatic N) is 12. The first-order valence-electron chi connectivity index (χ1n) is 34.7. The molecule has 0 saturated heterocycles. The molecule has 0 unspecified atom stereocenters. The monoisotopic (exact) mass is 1340 g/mol. The maximum Gasteiger partial charge on any atom is 0.237 e. The Morgan fingerprint density at radius 1 is 0.304 bits per heavy atom. The van der Waals surface area contributed by atoms with Gasteiger partial charge in [0.2, 0.25) is 28.5 Å². The molecule has 0 saturated carbocycles. The Bertz CT molecular complexity index is 5910. The average Bonchev–Trinajstić information content (AvgIpc) is 1.61. The second-order valence-corrected chi connectivity index (χ2v) is 26.2. The van der Waals surface area contributed by atoms with E-state index in [9.17, 15) is 0 Å². The SMILES string of the molecule is Cc1cc2ccccn2c1-c1cccc[n+]1C.Cc1cccc2ccc(-c3cccc[n+]3C)n12.Cc1ccccc1-c1c2cccn2cc[n+]1C.Cc1ccccc1-c1ccc2cccn2[n+]1C.Cc1ccccc1-c1cccc2cc[n+](C)n12.Cc1ccccc1-c1cn2cccc2c[n+]1C. The minimum Gasteiger partial charge on any atom is -0.312 e. The molecule has 0 amide bonds. The standard InChI is InChI=1S/6C15H15N2/c1-12-11-13-7-3-6-10-17(13)15(12)14-8-4-5-9-16(14)2;1-12-6-5-7-13-9-10-15(17(12)13)14-8-3-4-11-16(14)2;1-12-6-3-4-8-14(12)15-10-9-13-7-5-11-17(13)16(15)2;1-12-6-3-4-8-14(12)15-11-17-9-5-7-13(17)10-16(15)2;1-12-6-3-4-8-14(12)15-9-5-7-13-10-11-16(2)17(13)15;1-12-6-3-4-7-13(12)15-14-8-5-9-17(14)11-10-16(15)2/h6*3-11H,1-2H3/q6*+1. The lowest BCUT2D eigenvalue weighted by molar-refractivity contribution is -0.736. The Morgan fingerprint density at radius 2 is 0.863 bits per heavy atom. The molecule has 4 aromatic carbocycles. The van der Waals surface area contributed by atoms with Gasteiger partial charge in [-0.1, -0.05) is 97.1 Å². The van der Waals surface area contributed by atoms with Gasteiger partial charge in [-0.3, -0.25) is 0 Å². The third-order valence-electron chi connectivity index (χ3n) is 19.2. The molecule has 0 aliphatic carbocycles. The second kappa shape index (κ2) is 30.3. The van der Waals surface area contributed by atoms with Crippen LogP contribution >= 0.6 is 0 Å². The maximum atomic E-state index is 2.29. The molecule has 504 valence electrons. The van der Waals surface area contributed by atoms with Crippen LogP contribution in [-0.2, 0) is 42.3 Å². The molecule has 0 bridgehead atoms. The van der Waals surface area contributed by atoms with E-state index < -0.39 is 0 Å². The number of aryl methyl sites for hydroxylation is 12. The zero-order chi connectivity index (χ0) is 71.0. The van der Waals surface area contributed by atoms with Crippen LogP contribution in [0.4, 0.5) is 0 Å². The lowest BCUT2D eigenvalue weighted by Crippen LogP contribution is -2.39. The molecule has 102 heavy (non-hydrogen) atoms. The number of rotatable bonds is 6. The summed E-state index contributed by atoms with van der Waals surface area (Å²) in [6.07, 6.45) is 23.1. The molecule has 0 spiro atoms. The predicted octanol–water partition coefficient (Wildman–Crippen LogP) is 16.4. The predicted molar refractivity (Wildman–Crippen MR) is 412 cm³/mol. The van der Waals surface area contributed by atoms with Gasteiger partial charge in [-0.05, 0) is 197 Å².